The molecular weight excluding hydrogens is 326 g/mol. The molecule has 0 saturated heterocycles. The summed E-state index contributed by atoms with van der Waals surface area (Å²) in [7, 11) is -0.463. The summed E-state index contributed by atoms with van der Waals surface area (Å²) >= 11 is 5.99. The maximum Gasteiger partial charge on any atom is 0.243 e. The van der Waals surface area contributed by atoms with E-state index in [1.54, 1.807) is 32.2 Å². The second-order valence-corrected chi connectivity index (χ2v) is 7.32. The molecule has 22 heavy (non-hydrogen) atoms. The number of ether oxygens (including phenoxy) is 1. The molecule has 6 nitrogen and oxygen atoms in total. The van der Waals surface area contributed by atoms with Gasteiger partial charge in [0.15, 0.2) is 0 Å². The van der Waals surface area contributed by atoms with E-state index >= 15 is 0 Å². The van der Waals surface area contributed by atoms with Crippen LogP contribution in [0.5, 0.6) is 0 Å². The molecule has 1 atom stereocenters. The lowest BCUT2D eigenvalue weighted by molar-refractivity contribution is 0.00699. The van der Waals surface area contributed by atoms with Gasteiger partial charge in [0, 0.05) is 31.9 Å². The van der Waals surface area contributed by atoms with Crippen molar-refractivity contribution in [1.29, 1.82) is 0 Å². The molecule has 2 rings (SSSR count). The van der Waals surface area contributed by atoms with Crippen molar-refractivity contribution in [3.05, 3.63) is 47.2 Å². The minimum atomic E-state index is -3.65. The van der Waals surface area contributed by atoms with Crippen LogP contribution in [0.3, 0.4) is 0 Å². The number of hydrogen-bond donors (Lipinski definition) is 1. The Balaban J connectivity index is 2.20. The molecule has 120 valence electrons. The van der Waals surface area contributed by atoms with Crippen LogP contribution in [0.25, 0.3) is 0 Å². The second-order valence-electron chi connectivity index (χ2n) is 5.12. The zero-order valence-electron chi connectivity index (χ0n) is 12.6. The van der Waals surface area contributed by atoms with Gasteiger partial charge in [-0.15, -0.1) is 0 Å². The Bertz CT molecular complexity index is 760. The van der Waals surface area contributed by atoms with Crippen molar-refractivity contribution in [1.82, 2.24) is 14.5 Å². The van der Waals surface area contributed by atoms with Gasteiger partial charge in [0.25, 0.3) is 0 Å². The first kappa shape index (κ1) is 17.0. The highest BCUT2D eigenvalue weighted by Crippen LogP contribution is 2.26. The normalized spacial score (nSPS) is 14.7. The first-order valence-corrected chi connectivity index (χ1v) is 8.42. The zero-order chi connectivity index (χ0) is 16.4. The Kier molecular flexibility index (Phi) is 4.91. The molecule has 1 aromatic heterocycles. The molecule has 1 N–H and O–H groups in total. The van der Waals surface area contributed by atoms with Crippen LogP contribution < -0.4 is 4.72 Å². The second kappa shape index (κ2) is 6.37. The maximum atomic E-state index is 12.3. The average Bonchev–Trinajstić information content (AvgIpc) is 2.92. The highest BCUT2D eigenvalue weighted by molar-refractivity contribution is 7.89. The molecule has 0 spiro atoms. The fraction of sp³-hybridized carbons (Fsp3) is 0.357. The van der Waals surface area contributed by atoms with E-state index in [2.05, 4.69) is 9.82 Å². The van der Waals surface area contributed by atoms with Crippen LogP contribution in [0, 0.1) is 0 Å². The smallest absolute Gasteiger partial charge is 0.243 e. The Morgan fingerprint density at radius 1 is 1.45 bits per heavy atom. The fourth-order valence-corrected chi connectivity index (χ4v) is 3.26. The third kappa shape index (κ3) is 3.67. The van der Waals surface area contributed by atoms with Crippen molar-refractivity contribution in [2.75, 3.05) is 13.7 Å². The molecule has 1 heterocycles. The summed E-state index contributed by atoms with van der Waals surface area (Å²) in [5.41, 5.74) is -0.0448. The lowest BCUT2D eigenvalue weighted by atomic mass is 9.96. The van der Waals surface area contributed by atoms with Crippen molar-refractivity contribution in [3.63, 3.8) is 0 Å². The van der Waals surface area contributed by atoms with Crippen molar-refractivity contribution in [2.45, 2.75) is 17.4 Å². The van der Waals surface area contributed by atoms with E-state index in [0.717, 1.165) is 5.56 Å². The van der Waals surface area contributed by atoms with Crippen LogP contribution in [0.15, 0.2) is 41.6 Å². The van der Waals surface area contributed by atoms with Crippen LogP contribution in [0.4, 0.5) is 0 Å². The standard InChI is InChI=1S/C14H18ClN3O3S/c1-14(21-3,11-5-4-6-12(15)7-11)10-17-22(19,20)13-8-16-18(2)9-13/h4-9,17H,10H2,1-3H3/t14-/m1/s1. The molecule has 0 saturated carbocycles. The largest absolute Gasteiger partial charge is 0.372 e. The van der Waals surface area contributed by atoms with E-state index in [4.69, 9.17) is 16.3 Å². The van der Waals surface area contributed by atoms with Crippen LogP contribution in [-0.4, -0.2) is 31.9 Å². The quantitative estimate of drug-likeness (QED) is 0.869. The SMILES string of the molecule is CO[C@](C)(CNS(=O)(=O)c1cnn(C)c1)c1cccc(Cl)c1. The number of nitrogens with one attached hydrogen (secondary N) is 1. The van der Waals surface area contributed by atoms with Crippen molar-refractivity contribution >= 4 is 21.6 Å². The molecule has 0 unspecified atom stereocenters. The third-order valence-electron chi connectivity index (χ3n) is 3.48. The minimum absolute atomic E-state index is 0.0705. The molecule has 0 bridgehead atoms. The molecule has 0 fully saturated rings. The lowest BCUT2D eigenvalue weighted by Crippen LogP contribution is -2.40. The number of aromatic nitrogens is 2. The Hall–Kier alpha value is -1.41. The Labute approximate surface area is 135 Å². The number of hydrogen-bond acceptors (Lipinski definition) is 4. The summed E-state index contributed by atoms with van der Waals surface area (Å²) < 4.78 is 34.0. The molecule has 2 aromatic rings. The van der Waals surface area contributed by atoms with Gasteiger partial charge in [-0.25, -0.2) is 13.1 Å². The molecule has 0 aliphatic heterocycles. The van der Waals surface area contributed by atoms with E-state index in [1.165, 1.54) is 24.2 Å². The van der Waals surface area contributed by atoms with Gasteiger partial charge in [-0.3, -0.25) is 4.68 Å². The van der Waals surface area contributed by atoms with Gasteiger partial charge in [0.05, 0.1) is 6.20 Å². The number of benzene rings is 1. The van der Waals surface area contributed by atoms with Crippen LogP contribution in [-0.2, 0) is 27.4 Å². The summed E-state index contributed by atoms with van der Waals surface area (Å²) in [6.07, 6.45) is 2.73. The van der Waals surface area contributed by atoms with Gasteiger partial charge in [0.2, 0.25) is 10.0 Å². The van der Waals surface area contributed by atoms with Crippen molar-refractivity contribution in [2.24, 2.45) is 7.05 Å². The lowest BCUT2D eigenvalue weighted by Gasteiger charge is -2.29. The van der Waals surface area contributed by atoms with Crippen molar-refractivity contribution in [3.8, 4) is 0 Å². The predicted octanol–water partition coefficient (Wildman–Crippen LogP) is 1.91. The topological polar surface area (TPSA) is 73.2 Å². The number of rotatable bonds is 6. The highest BCUT2D eigenvalue weighted by atomic mass is 35.5. The fourth-order valence-electron chi connectivity index (χ4n) is 1.96. The van der Waals surface area contributed by atoms with E-state index in [1.807, 2.05) is 6.07 Å². The molecule has 1 aromatic carbocycles. The van der Waals surface area contributed by atoms with Gasteiger partial charge in [-0.2, -0.15) is 5.10 Å². The molecule has 0 aliphatic carbocycles. The summed E-state index contributed by atoms with van der Waals surface area (Å²) in [6.45, 7) is 1.87. The average molecular weight is 344 g/mol. The third-order valence-corrected chi connectivity index (χ3v) is 5.07. The zero-order valence-corrected chi connectivity index (χ0v) is 14.1. The predicted molar refractivity (Wildman–Crippen MR) is 84.2 cm³/mol. The summed E-state index contributed by atoms with van der Waals surface area (Å²) in [5, 5.41) is 4.43. The first-order chi connectivity index (χ1) is 10.3. The summed E-state index contributed by atoms with van der Waals surface area (Å²) in [5.74, 6) is 0. The summed E-state index contributed by atoms with van der Waals surface area (Å²) in [4.78, 5) is 0.111. The van der Waals surface area contributed by atoms with Gasteiger partial charge < -0.3 is 4.74 Å². The Morgan fingerprint density at radius 3 is 2.73 bits per heavy atom. The van der Waals surface area contributed by atoms with E-state index < -0.39 is 15.6 Å². The minimum Gasteiger partial charge on any atom is -0.372 e. The van der Waals surface area contributed by atoms with E-state index in [9.17, 15) is 8.42 Å². The van der Waals surface area contributed by atoms with Gasteiger partial charge in [0.1, 0.15) is 10.5 Å². The number of sulfonamides is 1. The molecule has 8 heteroatoms. The number of methoxy groups -OCH3 is 1. The maximum absolute atomic E-state index is 12.3. The number of halogens is 1. The molecule has 0 radical (unpaired) electrons. The van der Waals surface area contributed by atoms with E-state index in [-0.39, 0.29) is 11.4 Å². The van der Waals surface area contributed by atoms with Gasteiger partial charge >= 0.3 is 0 Å². The first-order valence-electron chi connectivity index (χ1n) is 6.56. The summed E-state index contributed by atoms with van der Waals surface area (Å²) in [6, 6.07) is 7.14. The van der Waals surface area contributed by atoms with Crippen LogP contribution in [0.2, 0.25) is 5.02 Å². The molecular formula is C14H18ClN3O3S. The highest BCUT2D eigenvalue weighted by Gasteiger charge is 2.29. The van der Waals surface area contributed by atoms with Gasteiger partial charge in [-0.05, 0) is 24.6 Å². The number of nitrogens with zero attached hydrogens (tertiary/aromatic N) is 2. The molecule has 0 amide bonds. The van der Waals surface area contributed by atoms with Gasteiger partial charge in [-0.1, -0.05) is 23.7 Å². The Morgan fingerprint density at radius 2 is 2.18 bits per heavy atom. The monoisotopic (exact) mass is 343 g/mol. The number of aryl methyl sites for hydroxylation is 1. The van der Waals surface area contributed by atoms with E-state index in [0.29, 0.717) is 5.02 Å². The molecule has 0 aliphatic rings. The van der Waals surface area contributed by atoms with Crippen LogP contribution >= 0.6 is 11.6 Å². The van der Waals surface area contributed by atoms with Crippen molar-refractivity contribution < 1.29 is 13.2 Å². The van der Waals surface area contributed by atoms with Crippen LogP contribution in [0.1, 0.15) is 12.5 Å².